The predicted molar refractivity (Wildman–Crippen MR) is 187 cm³/mol. The van der Waals surface area contributed by atoms with Crippen molar-refractivity contribution in [3.05, 3.63) is 62.4 Å². The molecule has 3 aromatic heterocycles. The second-order valence-electron chi connectivity index (χ2n) is 13.6. The number of thiophene rings is 2. The number of allylic oxidation sites excluding steroid dienone is 1. The van der Waals surface area contributed by atoms with E-state index < -0.39 is 41.6 Å². The number of carbonyl (C=O) groups is 4. The summed E-state index contributed by atoms with van der Waals surface area (Å²) in [5.41, 5.74) is 1.56. The van der Waals surface area contributed by atoms with Crippen molar-refractivity contribution in [1.82, 2.24) is 25.3 Å². The molecular weight excluding hydrogens is 663 g/mol. The third-order valence-electron chi connectivity index (χ3n) is 10.4. The fraction of sp³-hybridized carbons (Fsp3) is 0.500. The van der Waals surface area contributed by atoms with Gasteiger partial charge in [0.2, 0.25) is 11.8 Å². The van der Waals surface area contributed by atoms with Gasteiger partial charge in [-0.2, -0.15) is 27.8 Å². The Bertz CT molecular complexity index is 1770. The van der Waals surface area contributed by atoms with Crippen LogP contribution in [0, 0.1) is 5.92 Å². The number of nitrogens with one attached hydrogen (secondary N) is 2. The van der Waals surface area contributed by atoms with Crippen molar-refractivity contribution < 1.29 is 23.9 Å². The summed E-state index contributed by atoms with van der Waals surface area (Å²) in [6.07, 6.45) is 13.6. The van der Waals surface area contributed by atoms with E-state index in [4.69, 9.17) is 4.74 Å². The summed E-state index contributed by atoms with van der Waals surface area (Å²) in [4.78, 5) is 69.6. The number of ether oxygens (including phenoxy) is 1. The number of nitrogens with zero attached hydrogens (tertiary/aromatic N) is 3. The van der Waals surface area contributed by atoms with Crippen LogP contribution in [0.25, 0.3) is 22.3 Å². The number of carbonyl (C=O) groups excluding carboxylic acids is 4. The van der Waals surface area contributed by atoms with Crippen LogP contribution in [-0.2, 0) is 19.1 Å². The van der Waals surface area contributed by atoms with Gasteiger partial charge in [-0.25, -0.2) is 9.48 Å². The maximum atomic E-state index is 14.4. The average molecular weight is 704 g/mol. The first kappa shape index (κ1) is 33.4. The van der Waals surface area contributed by atoms with Crippen LogP contribution in [0.1, 0.15) is 76.7 Å². The van der Waals surface area contributed by atoms with Gasteiger partial charge >= 0.3 is 6.09 Å². The van der Waals surface area contributed by atoms with Gasteiger partial charge in [-0.1, -0.05) is 25.0 Å². The van der Waals surface area contributed by atoms with Gasteiger partial charge in [-0.05, 0) is 96.1 Å². The number of hydrogen-bond acceptors (Lipinski definition) is 9. The number of fused-ring (bicyclic) bond motifs is 2. The lowest BCUT2D eigenvalue weighted by Crippen LogP contribution is -2.55. The molecular formula is C36H41N5O6S2. The Morgan fingerprint density at radius 2 is 1.78 bits per heavy atom. The molecule has 258 valence electrons. The molecule has 0 radical (unpaired) electrons. The minimum Gasteiger partial charge on any atom is -0.446 e. The summed E-state index contributed by atoms with van der Waals surface area (Å²) in [6.45, 7) is 0.0397. The molecule has 5 atom stereocenters. The van der Waals surface area contributed by atoms with E-state index in [0.717, 1.165) is 62.4 Å². The SMILES string of the molecule is O=C[C@@]12C[C@H]1C=CCCCCC[C@@H](NC(=O)OC1CCCC1)C(=O)N1C[C@H](n3ncc(-c4ccsc4)c(-c4ccsc4)c3=O)C[C@H]1C(=O)N2. The molecule has 11 nitrogen and oxygen atoms in total. The summed E-state index contributed by atoms with van der Waals surface area (Å²) < 4.78 is 7.06. The van der Waals surface area contributed by atoms with Gasteiger partial charge in [0.15, 0.2) is 0 Å². The first-order chi connectivity index (χ1) is 23.9. The van der Waals surface area contributed by atoms with Gasteiger partial charge in [-0.3, -0.25) is 14.4 Å². The molecule has 2 saturated carbocycles. The first-order valence-corrected chi connectivity index (χ1v) is 19.1. The highest BCUT2D eigenvalue weighted by Gasteiger charge is 2.56. The molecule has 1 saturated heterocycles. The van der Waals surface area contributed by atoms with Gasteiger partial charge in [0.25, 0.3) is 5.56 Å². The molecule has 2 N–H and O–H groups in total. The highest BCUT2D eigenvalue weighted by molar-refractivity contribution is 7.08. The van der Waals surface area contributed by atoms with Crippen molar-refractivity contribution in [1.29, 1.82) is 0 Å². The number of amides is 3. The van der Waals surface area contributed by atoms with E-state index in [0.29, 0.717) is 30.4 Å². The number of aldehydes is 1. The summed E-state index contributed by atoms with van der Waals surface area (Å²) >= 11 is 3.02. The van der Waals surface area contributed by atoms with E-state index in [1.165, 1.54) is 32.3 Å². The third kappa shape index (κ3) is 7.00. The predicted octanol–water partition coefficient (Wildman–Crippen LogP) is 5.47. The lowest BCUT2D eigenvalue weighted by Gasteiger charge is -2.29. The molecule has 3 fully saturated rings. The summed E-state index contributed by atoms with van der Waals surface area (Å²) in [5, 5.41) is 18.2. The monoisotopic (exact) mass is 703 g/mol. The average Bonchev–Trinajstić information content (AvgIpc) is 3.79. The molecule has 13 heteroatoms. The minimum absolute atomic E-state index is 0.0397. The van der Waals surface area contributed by atoms with Gasteiger partial charge in [0.1, 0.15) is 30.0 Å². The second-order valence-corrected chi connectivity index (χ2v) is 15.2. The maximum Gasteiger partial charge on any atom is 0.408 e. The van der Waals surface area contributed by atoms with Gasteiger partial charge in [-0.15, -0.1) is 0 Å². The molecule has 5 heterocycles. The standard InChI is InChI=1S/C36H41N5O6S2/c42-22-36-17-25(36)8-4-2-1-3-5-11-29(38-35(46)47-27-9-6-7-10-27)33(44)40-19-26(16-30(40)32(43)39-36)41-34(45)31(24-13-15-49-21-24)28(18-37-41)23-12-14-48-20-23/h4,8,12-15,18,20-22,25-27,29-30H,1-3,5-7,9-11,16-17,19H2,(H,38,46)(H,39,43)/t25-,26-,29-,30+,36+/m1/s1. The highest BCUT2D eigenvalue weighted by Crippen LogP contribution is 2.44. The van der Waals surface area contributed by atoms with E-state index >= 15 is 0 Å². The Labute approximate surface area is 292 Å². The zero-order valence-corrected chi connectivity index (χ0v) is 28.9. The molecule has 0 bridgehead atoms. The van der Waals surface area contributed by atoms with Crippen LogP contribution in [0.4, 0.5) is 4.79 Å². The molecule has 2 aliphatic heterocycles. The summed E-state index contributed by atoms with van der Waals surface area (Å²) in [5.74, 6) is -0.975. The van der Waals surface area contributed by atoms with E-state index in [-0.39, 0.29) is 30.5 Å². The normalized spacial score (nSPS) is 27.8. The number of hydrogen-bond donors (Lipinski definition) is 2. The maximum absolute atomic E-state index is 14.4. The molecule has 0 aromatic carbocycles. The molecule has 3 amide bonds. The van der Waals surface area contributed by atoms with Gasteiger partial charge < -0.3 is 25.1 Å². The lowest BCUT2D eigenvalue weighted by atomic mass is 10.0. The zero-order valence-electron chi connectivity index (χ0n) is 27.3. The van der Waals surface area contributed by atoms with Crippen LogP contribution in [0.5, 0.6) is 0 Å². The number of rotatable bonds is 6. The Hall–Kier alpha value is -4.10. The fourth-order valence-corrected chi connectivity index (χ4v) is 8.84. The molecule has 0 unspecified atom stereocenters. The van der Waals surface area contributed by atoms with Crippen LogP contribution in [0.15, 0.2) is 56.8 Å². The Morgan fingerprint density at radius 1 is 1.02 bits per heavy atom. The second kappa shape index (κ2) is 14.4. The third-order valence-corrected chi connectivity index (χ3v) is 11.7. The molecule has 49 heavy (non-hydrogen) atoms. The Morgan fingerprint density at radius 3 is 2.51 bits per heavy atom. The van der Waals surface area contributed by atoms with Crippen LogP contribution >= 0.6 is 22.7 Å². The number of aromatic nitrogens is 2. The summed E-state index contributed by atoms with van der Waals surface area (Å²) in [6, 6.07) is 1.34. The van der Waals surface area contributed by atoms with Crippen LogP contribution < -0.4 is 16.2 Å². The number of alkyl carbamates (subject to hydrolysis) is 1. The molecule has 3 aromatic rings. The van der Waals surface area contributed by atoms with E-state index in [2.05, 4.69) is 21.8 Å². The van der Waals surface area contributed by atoms with Crippen LogP contribution in [-0.4, -0.2) is 69.1 Å². The van der Waals surface area contributed by atoms with Crippen molar-refractivity contribution in [3.8, 4) is 22.3 Å². The molecule has 7 rings (SSSR count). The van der Waals surface area contributed by atoms with E-state index in [1.807, 2.05) is 39.7 Å². The van der Waals surface area contributed by atoms with Crippen LogP contribution in [0.2, 0.25) is 0 Å². The first-order valence-electron chi connectivity index (χ1n) is 17.3. The van der Waals surface area contributed by atoms with Gasteiger partial charge in [0.05, 0.1) is 17.8 Å². The largest absolute Gasteiger partial charge is 0.446 e. The van der Waals surface area contributed by atoms with Crippen molar-refractivity contribution >= 4 is 46.9 Å². The quantitative estimate of drug-likeness (QED) is 0.256. The van der Waals surface area contributed by atoms with Gasteiger partial charge in [0, 0.05) is 24.4 Å². The topological polar surface area (TPSA) is 140 Å². The van der Waals surface area contributed by atoms with Crippen molar-refractivity contribution in [2.45, 2.75) is 100 Å². The lowest BCUT2D eigenvalue weighted by molar-refractivity contribution is -0.140. The van der Waals surface area contributed by atoms with E-state index in [1.54, 1.807) is 6.20 Å². The fourth-order valence-electron chi connectivity index (χ4n) is 7.54. The molecule has 4 aliphatic rings. The Kier molecular flexibility index (Phi) is 9.82. The van der Waals surface area contributed by atoms with Crippen LogP contribution in [0.3, 0.4) is 0 Å². The highest BCUT2D eigenvalue weighted by atomic mass is 32.1. The van der Waals surface area contributed by atoms with E-state index in [9.17, 15) is 24.0 Å². The molecule has 0 spiro atoms. The van der Waals surface area contributed by atoms with Crippen molar-refractivity contribution in [3.63, 3.8) is 0 Å². The Balaban J connectivity index is 1.22. The summed E-state index contributed by atoms with van der Waals surface area (Å²) in [7, 11) is 0. The van der Waals surface area contributed by atoms with Crippen molar-refractivity contribution in [2.75, 3.05) is 6.54 Å². The smallest absolute Gasteiger partial charge is 0.408 e. The van der Waals surface area contributed by atoms with Crippen molar-refractivity contribution in [2.24, 2.45) is 5.92 Å². The minimum atomic E-state index is -1.02. The molecule has 2 aliphatic carbocycles. The zero-order chi connectivity index (χ0) is 34.0.